The molecular weight excluding hydrogens is 360 g/mol. The lowest BCUT2D eigenvalue weighted by atomic mass is 9.90. The smallest absolute Gasteiger partial charge is 0.330 e. The topological polar surface area (TPSA) is 71.1 Å². The second-order valence-corrected chi connectivity index (χ2v) is 6.20. The minimum atomic E-state index is -0.607. The summed E-state index contributed by atoms with van der Waals surface area (Å²) in [6, 6.07) is 12.9. The van der Waals surface area contributed by atoms with Crippen LogP contribution in [0.4, 0.5) is 0 Å². The molecule has 2 unspecified atom stereocenters. The van der Waals surface area contributed by atoms with Crippen molar-refractivity contribution in [1.82, 2.24) is 0 Å². The fourth-order valence-corrected chi connectivity index (χ4v) is 3.18. The van der Waals surface area contributed by atoms with Crippen molar-refractivity contribution in [3.63, 3.8) is 0 Å². The Bertz CT molecular complexity index is 884. The third kappa shape index (κ3) is 4.01. The molecule has 0 spiro atoms. The van der Waals surface area contributed by atoms with Gasteiger partial charge in [-0.1, -0.05) is 18.2 Å². The van der Waals surface area contributed by atoms with Crippen LogP contribution < -0.4 is 9.47 Å². The number of carbonyl (C=O) groups is 2. The Balaban J connectivity index is 1.93. The quantitative estimate of drug-likeness (QED) is 0.561. The highest BCUT2D eigenvalue weighted by molar-refractivity contribution is 5.87. The first-order chi connectivity index (χ1) is 13.6. The molecule has 2 aromatic carbocycles. The van der Waals surface area contributed by atoms with Crippen LogP contribution in [0.15, 0.2) is 48.5 Å². The SMILES string of the molecule is CCOc1ccc(C2Oc3ccc(/C=C/C(=O)OC)cc3C2C(=O)OC)cc1. The summed E-state index contributed by atoms with van der Waals surface area (Å²) in [4.78, 5) is 23.9. The van der Waals surface area contributed by atoms with Crippen LogP contribution >= 0.6 is 0 Å². The van der Waals surface area contributed by atoms with Gasteiger partial charge >= 0.3 is 11.9 Å². The van der Waals surface area contributed by atoms with Crippen LogP contribution in [0, 0.1) is 0 Å². The molecule has 146 valence electrons. The number of esters is 2. The lowest BCUT2D eigenvalue weighted by Gasteiger charge is -2.18. The van der Waals surface area contributed by atoms with Gasteiger partial charge in [0, 0.05) is 11.6 Å². The zero-order chi connectivity index (χ0) is 20.1. The molecule has 0 saturated heterocycles. The standard InChI is InChI=1S/C22H22O6/c1-4-27-16-9-7-15(8-10-16)21-20(22(24)26-3)17-13-14(5-11-18(17)28-21)6-12-19(23)25-2/h5-13,20-21H,4H2,1-3H3/b12-6+. The molecule has 0 amide bonds. The number of methoxy groups -OCH3 is 2. The van der Waals surface area contributed by atoms with Gasteiger partial charge < -0.3 is 18.9 Å². The van der Waals surface area contributed by atoms with Crippen molar-refractivity contribution in [2.45, 2.75) is 18.9 Å². The van der Waals surface area contributed by atoms with E-state index in [0.29, 0.717) is 12.4 Å². The van der Waals surface area contributed by atoms with Gasteiger partial charge in [0.1, 0.15) is 23.5 Å². The number of fused-ring (bicyclic) bond motifs is 1. The summed E-state index contributed by atoms with van der Waals surface area (Å²) in [6.07, 6.45) is 2.46. The predicted octanol–water partition coefficient (Wildman–Crippen LogP) is 3.66. The zero-order valence-electron chi connectivity index (χ0n) is 16.0. The van der Waals surface area contributed by atoms with E-state index in [9.17, 15) is 9.59 Å². The van der Waals surface area contributed by atoms with E-state index in [1.165, 1.54) is 20.3 Å². The van der Waals surface area contributed by atoms with E-state index in [1.807, 2.05) is 43.3 Å². The van der Waals surface area contributed by atoms with Gasteiger partial charge in [0.05, 0.1) is 20.8 Å². The number of ether oxygens (including phenoxy) is 4. The largest absolute Gasteiger partial charge is 0.494 e. The number of carbonyl (C=O) groups excluding carboxylic acids is 2. The minimum absolute atomic E-state index is 0.383. The Hall–Kier alpha value is -3.28. The molecule has 0 aromatic heterocycles. The summed E-state index contributed by atoms with van der Waals surface area (Å²) < 4.78 is 21.2. The van der Waals surface area contributed by atoms with Gasteiger partial charge in [-0.05, 0) is 48.4 Å². The number of hydrogen-bond acceptors (Lipinski definition) is 6. The molecule has 6 nitrogen and oxygen atoms in total. The zero-order valence-corrected chi connectivity index (χ0v) is 16.0. The first-order valence-electron chi connectivity index (χ1n) is 8.94. The van der Waals surface area contributed by atoms with Gasteiger partial charge in [-0.2, -0.15) is 0 Å². The van der Waals surface area contributed by atoms with Crippen LogP contribution in [0.2, 0.25) is 0 Å². The number of hydrogen-bond donors (Lipinski definition) is 0. The van der Waals surface area contributed by atoms with Crippen molar-refractivity contribution in [3.8, 4) is 11.5 Å². The van der Waals surface area contributed by atoms with E-state index >= 15 is 0 Å². The van der Waals surface area contributed by atoms with Crippen molar-refractivity contribution in [2.24, 2.45) is 0 Å². The Labute approximate surface area is 163 Å². The first kappa shape index (κ1) is 19.5. The molecular formula is C22H22O6. The van der Waals surface area contributed by atoms with Gasteiger partial charge in [0.2, 0.25) is 0 Å². The average molecular weight is 382 g/mol. The number of benzene rings is 2. The molecule has 0 fully saturated rings. The second-order valence-electron chi connectivity index (χ2n) is 6.20. The molecule has 1 heterocycles. The van der Waals surface area contributed by atoms with Crippen LogP contribution in [0.25, 0.3) is 6.08 Å². The maximum Gasteiger partial charge on any atom is 0.330 e. The molecule has 6 heteroatoms. The fraction of sp³-hybridized carbons (Fsp3) is 0.273. The Morgan fingerprint density at radius 1 is 1.07 bits per heavy atom. The van der Waals surface area contributed by atoms with E-state index in [2.05, 4.69) is 4.74 Å². The van der Waals surface area contributed by atoms with Gasteiger partial charge in [0.15, 0.2) is 0 Å². The summed E-state index contributed by atoms with van der Waals surface area (Å²) in [5, 5.41) is 0. The maximum atomic E-state index is 12.5. The lowest BCUT2D eigenvalue weighted by molar-refractivity contribution is -0.144. The van der Waals surface area contributed by atoms with E-state index in [4.69, 9.17) is 14.2 Å². The summed E-state index contributed by atoms with van der Waals surface area (Å²) >= 11 is 0. The molecule has 0 saturated carbocycles. The highest BCUT2D eigenvalue weighted by atomic mass is 16.5. The monoisotopic (exact) mass is 382 g/mol. The molecule has 3 rings (SSSR count). The van der Waals surface area contributed by atoms with E-state index < -0.39 is 18.0 Å². The Morgan fingerprint density at radius 2 is 1.82 bits per heavy atom. The number of rotatable bonds is 6. The fourth-order valence-electron chi connectivity index (χ4n) is 3.18. The molecule has 28 heavy (non-hydrogen) atoms. The molecule has 1 aliphatic rings. The van der Waals surface area contributed by atoms with Crippen molar-refractivity contribution < 1.29 is 28.5 Å². The van der Waals surface area contributed by atoms with Crippen molar-refractivity contribution in [1.29, 1.82) is 0 Å². The van der Waals surface area contributed by atoms with Crippen LogP contribution in [0.1, 0.15) is 35.6 Å². The van der Waals surface area contributed by atoms with Crippen molar-refractivity contribution in [2.75, 3.05) is 20.8 Å². The van der Waals surface area contributed by atoms with Crippen LogP contribution in [0.3, 0.4) is 0 Å². The Kier molecular flexibility index (Phi) is 5.99. The van der Waals surface area contributed by atoms with E-state index in [-0.39, 0.29) is 5.97 Å². The third-order valence-electron chi connectivity index (χ3n) is 4.51. The molecule has 2 aromatic rings. The second kappa shape index (κ2) is 8.61. The highest BCUT2D eigenvalue weighted by Crippen LogP contribution is 2.47. The summed E-state index contributed by atoms with van der Waals surface area (Å²) in [5.41, 5.74) is 2.33. The molecule has 0 aliphatic carbocycles. The van der Waals surface area contributed by atoms with Crippen molar-refractivity contribution in [3.05, 3.63) is 65.2 Å². The summed E-state index contributed by atoms with van der Waals surface area (Å²) in [5.74, 6) is -0.0687. The third-order valence-corrected chi connectivity index (χ3v) is 4.51. The van der Waals surface area contributed by atoms with Gasteiger partial charge in [-0.3, -0.25) is 4.79 Å². The molecule has 0 bridgehead atoms. The van der Waals surface area contributed by atoms with Gasteiger partial charge in [0.25, 0.3) is 0 Å². The van der Waals surface area contributed by atoms with Crippen LogP contribution in [-0.2, 0) is 19.1 Å². The normalized spacial score (nSPS) is 17.7. The van der Waals surface area contributed by atoms with Crippen LogP contribution in [-0.4, -0.2) is 32.8 Å². The summed E-state index contributed by atoms with van der Waals surface area (Å²) in [7, 11) is 2.68. The van der Waals surface area contributed by atoms with E-state index in [0.717, 1.165) is 22.4 Å². The molecule has 1 aliphatic heterocycles. The lowest BCUT2D eigenvalue weighted by Crippen LogP contribution is -2.20. The summed E-state index contributed by atoms with van der Waals surface area (Å²) in [6.45, 7) is 2.50. The average Bonchev–Trinajstić information content (AvgIpc) is 3.11. The van der Waals surface area contributed by atoms with Crippen molar-refractivity contribution >= 4 is 18.0 Å². The van der Waals surface area contributed by atoms with E-state index in [1.54, 1.807) is 12.1 Å². The van der Waals surface area contributed by atoms with Gasteiger partial charge in [-0.15, -0.1) is 0 Å². The predicted molar refractivity (Wildman–Crippen MR) is 103 cm³/mol. The minimum Gasteiger partial charge on any atom is -0.494 e. The van der Waals surface area contributed by atoms with Crippen LogP contribution in [0.5, 0.6) is 11.5 Å². The Morgan fingerprint density at radius 3 is 2.46 bits per heavy atom. The van der Waals surface area contributed by atoms with Gasteiger partial charge in [-0.25, -0.2) is 4.79 Å². The molecule has 0 radical (unpaired) electrons. The maximum absolute atomic E-state index is 12.5. The molecule has 2 atom stereocenters. The first-order valence-corrected chi connectivity index (χ1v) is 8.94. The highest BCUT2D eigenvalue weighted by Gasteiger charge is 2.41. The molecule has 0 N–H and O–H groups in total.